The molecule has 0 unspecified atom stereocenters. The van der Waals surface area contributed by atoms with Crippen molar-refractivity contribution in [2.24, 2.45) is 46.3 Å². The molecule has 210 valence electrons. The van der Waals surface area contributed by atoms with Gasteiger partial charge in [0.15, 0.2) is 0 Å². The van der Waals surface area contributed by atoms with Crippen LogP contribution < -0.4 is 4.74 Å². The molecule has 3 saturated carbocycles. The summed E-state index contributed by atoms with van der Waals surface area (Å²) in [5.41, 5.74) is 2.34. The number of benzene rings is 1. The summed E-state index contributed by atoms with van der Waals surface area (Å²) in [6, 6.07) is 7.30. The Bertz CT molecular complexity index is 1020. The number of hydrogen-bond acceptors (Lipinski definition) is 3. The molecule has 1 aromatic rings. The van der Waals surface area contributed by atoms with Crippen molar-refractivity contribution in [3.05, 3.63) is 40.4 Å². The van der Waals surface area contributed by atoms with Gasteiger partial charge in [-0.25, -0.2) is 4.79 Å². The monoisotopic (exact) mass is 584 g/mol. The Morgan fingerprint density at radius 1 is 1.00 bits per heavy atom. The van der Waals surface area contributed by atoms with Gasteiger partial charge in [-0.1, -0.05) is 81.5 Å². The van der Waals surface area contributed by atoms with Crippen LogP contribution in [0.2, 0.25) is 0 Å². The minimum absolute atomic E-state index is 0.0785. The normalized spacial score (nSPS) is 37.0. The fraction of sp³-hybridized carbons (Fsp3) is 0.735. The highest BCUT2D eigenvalue weighted by Crippen LogP contribution is 2.67. The summed E-state index contributed by atoms with van der Waals surface area (Å²) >= 11 is 3.42. The van der Waals surface area contributed by atoms with Crippen molar-refractivity contribution < 1.29 is 14.3 Å². The number of fused-ring (bicyclic) bond motifs is 5. The van der Waals surface area contributed by atoms with Gasteiger partial charge in [0.1, 0.15) is 11.9 Å². The highest BCUT2D eigenvalue weighted by molar-refractivity contribution is 9.10. The summed E-state index contributed by atoms with van der Waals surface area (Å²) in [5.74, 6) is 5.60. The van der Waals surface area contributed by atoms with E-state index in [2.05, 4.69) is 56.6 Å². The van der Waals surface area contributed by atoms with E-state index >= 15 is 0 Å². The van der Waals surface area contributed by atoms with Crippen LogP contribution in [-0.2, 0) is 4.74 Å². The lowest BCUT2D eigenvalue weighted by Gasteiger charge is -2.58. The Morgan fingerprint density at radius 3 is 2.50 bits per heavy atom. The van der Waals surface area contributed by atoms with E-state index < -0.39 is 6.16 Å². The lowest BCUT2D eigenvalue weighted by atomic mass is 9.47. The lowest BCUT2D eigenvalue weighted by Crippen LogP contribution is -2.51. The van der Waals surface area contributed by atoms with E-state index in [1.54, 1.807) is 17.7 Å². The van der Waals surface area contributed by atoms with Gasteiger partial charge in [-0.05, 0) is 116 Å². The van der Waals surface area contributed by atoms with Crippen LogP contribution in [0.25, 0.3) is 0 Å². The van der Waals surface area contributed by atoms with Gasteiger partial charge in [-0.2, -0.15) is 0 Å². The van der Waals surface area contributed by atoms with Crippen molar-refractivity contribution >= 4 is 22.1 Å². The first-order valence-corrected chi connectivity index (χ1v) is 16.2. The standard InChI is InChI=1S/C34H49BrO3/c1-22(2)7-6-8-23(3)29-15-16-30-28-14-9-24-21-27(38-32(36)37-26-12-10-25(35)11-13-26)17-19-33(24,4)31(28)18-20-34(29,30)5/h9-13,22-23,27-31H,6-8,14-21H2,1-5H3/t23-,27-,28+,29+,30-,31+,33-,34+/m0/s1. The van der Waals surface area contributed by atoms with E-state index in [-0.39, 0.29) is 11.5 Å². The second-order valence-corrected chi connectivity index (χ2v) is 15.0. The average Bonchev–Trinajstić information content (AvgIpc) is 3.23. The van der Waals surface area contributed by atoms with Crippen molar-refractivity contribution in [2.75, 3.05) is 0 Å². The summed E-state index contributed by atoms with van der Waals surface area (Å²) in [6.45, 7) is 12.5. The third-order valence-electron chi connectivity index (χ3n) is 11.5. The van der Waals surface area contributed by atoms with Crippen LogP contribution in [0.3, 0.4) is 0 Å². The Morgan fingerprint density at radius 2 is 1.76 bits per heavy atom. The van der Waals surface area contributed by atoms with Crippen LogP contribution >= 0.6 is 15.9 Å². The van der Waals surface area contributed by atoms with E-state index in [4.69, 9.17) is 9.47 Å². The maximum atomic E-state index is 12.5. The van der Waals surface area contributed by atoms with Crippen LogP contribution in [0.1, 0.15) is 105 Å². The van der Waals surface area contributed by atoms with Gasteiger partial charge in [0.05, 0.1) is 0 Å². The Kier molecular flexibility index (Phi) is 8.40. The number of carbonyl (C=O) groups excluding carboxylic acids is 1. The topological polar surface area (TPSA) is 35.5 Å². The maximum absolute atomic E-state index is 12.5. The number of allylic oxidation sites excluding steroid dienone is 1. The molecule has 0 N–H and O–H groups in total. The first-order chi connectivity index (χ1) is 18.1. The summed E-state index contributed by atoms with van der Waals surface area (Å²) in [4.78, 5) is 12.5. The summed E-state index contributed by atoms with van der Waals surface area (Å²) < 4.78 is 12.2. The van der Waals surface area contributed by atoms with Gasteiger partial charge in [0.25, 0.3) is 0 Å². The number of ether oxygens (including phenoxy) is 2. The zero-order chi connectivity index (χ0) is 27.1. The molecular weight excluding hydrogens is 536 g/mol. The van der Waals surface area contributed by atoms with Crippen molar-refractivity contribution in [1.82, 2.24) is 0 Å². The van der Waals surface area contributed by atoms with Crippen LogP contribution in [0, 0.1) is 46.3 Å². The van der Waals surface area contributed by atoms with Crippen LogP contribution in [0.4, 0.5) is 4.79 Å². The first-order valence-electron chi connectivity index (χ1n) is 15.4. The number of halogens is 1. The van der Waals surface area contributed by atoms with Gasteiger partial charge in [-0.3, -0.25) is 0 Å². The fourth-order valence-electron chi connectivity index (χ4n) is 9.51. The zero-order valence-electron chi connectivity index (χ0n) is 24.3. The Hall–Kier alpha value is -1.29. The highest BCUT2D eigenvalue weighted by Gasteiger charge is 2.59. The predicted molar refractivity (Wildman–Crippen MR) is 158 cm³/mol. The van der Waals surface area contributed by atoms with Gasteiger partial charge < -0.3 is 9.47 Å². The van der Waals surface area contributed by atoms with Crippen molar-refractivity contribution in [3.8, 4) is 5.75 Å². The number of rotatable bonds is 7. The summed E-state index contributed by atoms with van der Waals surface area (Å²) in [6.07, 6.45) is 15.9. The Labute approximate surface area is 239 Å². The average molecular weight is 586 g/mol. The molecule has 0 heterocycles. The molecule has 5 rings (SSSR count). The second-order valence-electron chi connectivity index (χ2n) is 14.1. The molecule has 0 aliphatic heterocycles. The lowest BCUT2D eigenvalue weighted by molar-refractivity contribution is -0.0597. The fourth-order valence-corrected chi connectivity index (χ4v) is 9.78. The quantitative estimate of drug-likeness (QED) is 0.181. The SMILES string of the molecule is CC(C)CCC[C@H](C)[C@H]1CC[C@H]2[C@H]3CC=C4C[C@@H](OC(=O)Oc5ccc(Br)cc5)CC[C@]4(C)[C@@H]3CC[C@]12C. The molecular formula is C34H49BrO3. The molecule has 0 spiro atoms. The first kappa shape index (κ1) is 28.2. The zero-order valence-corrected chi connectivity index (χ0v) is 25.9. The molecule has 0 radical (unpaired) electrons. The molecule has 1 aromatic carbocycles. The third-order valence-corrected chi connectivity index (χ3v) is 12.1. The molecule has 4 heteroatoms. The van der Waals surface area contributed by atoms with E-state index in [0.29, 0.717) is 11.2 Å². The molecule has 0 amide bonds. The number of carbonyl (C=O) groups is 1. The Balaban J connectivity index is 1.21. The molecule has 8 atom stereocenters. The van der Waals surface area contributed by atoms with Crippen molar-refractivity contribution in [2.45, 2.75) is 111 Å². The van der Waals surface area contributed by atoms with E-state index in [0.717, 1.165) is 59.2 Å². The van der Waals surface area contributed by atoms with E-state index in [9.17, 15) is 4.79 Å². The molecule has 0 aromatic heterocycles. The van der Waals surface area contributed by atoms with Gasteiger partial charge in [0.2, 0.25) is 0 Å². The molecule has 3 nitrogen and oxygen atoms in total. The van der Waals surface area contributed by atoms with Gasteiger partial charge in [-0.15, -0.1) is 0 Å². The maximum Gasteiger partial charge on any atom is 0.514 e. The molecule has 4 aliphatic carbocycles. The van der Waals surface area contributed by atoms with Crippen LogP contribution in [0.15, 0.2) is 40.4 Å². The van der Waals surface area contributed by atoms with Crippen LogP contribution in [0.5, 0.6) is 5.75 Å². The highest BCUT2D eigenvalue weighted by atomic mass is 79.9. The minimum Gasteiger partial charge on any atom is -0.430 e. The van der Waals surface area contributed by atoms with E-state index in [1.165, 1.54) is 51.4 Å². The largest absolute Gasteiger partial charge is 0.514 e. The summed E-state index contributed by atoms with van der Waals surface area (Å²) in [7, 11) is 0. The predicted octanol–water partition coefficient (Wildman–Crippen LogP) is 10.4. The smallest absolute Gasteiger partial charge is 0.430 e. The van der Waals surface area contributed by atoms with Crippen LogP contribution in [-0.4, -0.2) is 12.3 Å². The molecule has 4 aliphatic rings. The molecule has 0 bridgehead atoms. The summed E-state index contributed by atoms with van der Waals surface area (Å²) in [5, 5.41) is 0. The van der Waals surface area contributed by atoms with Crippen molar-refractivity contribution in [1.29, 1.82) is 0 Å². The van der Waals surface area contributed by atoms with Gasteiger partial charge in [0, 0.05) is 10.9 Å². The van der Waals surface area contributed by atoms with E-state index in [1.807, 2.05) is 12.1 Å². The minimum atomic E-state index is -0.580. The van der Waals surface area contributed by atoms with Gasteiger partial charge >= 0.3 is 6.16 Å². The third kappa shape index (κ3) is 5.50. The van der Waals surface area contributed by atoms with Crippen molar-refractivity contribution in [3.63, 3.8) is 0 Å². The molecule has 38 heavy (non-hydrogen) atoms. The molecule has 0 saturated heterocycles. The second kappa shape index (κ2) is 11.3. The number of hydrogen-bond donors (Lipinski definition) is 0. The molecule has 3 fully saturated rings.